The zero-order valence-electron chi connectivity index (χ0n) is 12.4. The number of fused-ring (bicyclic) bond motifs is 1. The summed E-state index contributed by atoms with van der Waals surface area (Å²) < 4.78 is 38.8. The largest absolute Gasteiger partial charge is 0.406 e. The Morgan fingerprint density at radius 2 is 2.04 bits per heavy atom. The number of aromatic nitrogens is 1. The van der Waals surface area contributed by atoms with Gasteiger partial charge in [-0.1, -0.05) is 23.8 Å². The summed E-state index contributed by atoms with van der Waals surface area (Å²) in [6, 6.07) is 6.13. The Bertz CT molecular complexity index is 822. The summed E-state index contributed by atoms with van der Waals surface area (Å²) in [4.78, 5) is 24.5. The summed E-state index contributed by atoms with van der Waals surface area (Å²) in [6.45, 7) is 3.72. The third kappa shape index (κ3) is 3.80. The van der Waals surface area contributed by atoms with Crippen LogP contribution in [0.25, 0.3) is 10.8 Å². The molecule has 0 fully saturated rings. The van der Waals surface area contributed by atoms with Crippen molar-refractivity contribution >= 4 is 16.7 Å². The van der Waals surface area contributed by atoms with Crippen molar-refractivity contribution in [3.63, 3.8) is 0 Å². The zero-order chi connectivity index (χ0) is 17.2. The Hall–Kier alpha value is -2.57. The molecule has 0 bridgehead atoms. The number of carbonyl (C=O) groups excluding carboxylic acids is 1. The van der Waals surface area contributed by atoms with Crippen molar-refractivity contribution in [1.82, 2.24) is 9.88 Å². The maximum atomic E-state index is 12.8. The molecule has 2 aromatic rings. The van der Waals surface area contributed by atoms with Gasteiger partial charge in [-0.05, 0) is 24.4 Å². The molecular formula is C16H15F3N2O2. The van der Waals surface area contributed by atoms with Crippen molar-refractivity contribution in [2.24, 2.45) is 0 Å². The van der Waals surface area contributed by atoms with Crippen LogP contribution in [0.15, 0.2) is 41.7 Å². The first-order valence-electron chi connectivity index (χ1n) is 6.83. The van der Waals surface area contributed by atoms with Crippen LogP contribution in [0.3, 0.4) is 0 Å². The van der Waals surface area contributed by atoms with E-state index in [1.165, 1.54) is 18.2 Å². The number of pyridine rings is 1. The second-order valence-electron chi connectivity index (χ2n) is 5.13. The molecule has 23 heavy (non-hydrogen) atoms. The van der Waals surface area contributed by atoms with E-state index in [0.717, 1.165) is 5.56 Å². The van der Waals surface area contributed by atoms with Gasteiger partial charge in [0.05, 0.1) is 0 Å². The highest BCUT2D eigenvalue weighted by Gasteiger charge is 2.31. The van der Waals surface area contributed by atoms with Crippen molar-refractivity contribution in [1.29, 1.82) is 0 Å². The molecule has 1 N–H and O–H groups in total. The van der Waals surface area contributed by atoms with E-state index in [-0.39, 0.29) is 17.6 Å². The summed E-state index contributed by atoms with van der Waals surface area (Å²) in [7, 11) is 0. The van der Waals surface area contributed by atoms with Gasteiger partial charge in [0.2, 0.25) is 0 Å². The molecular weight excluding hydrogens is 309 g/mol. The molecule has 7 heteroatoms. The third-order valence-electron chi connectivity index (χ3n) is 3.24. The number of carbonyl (C=O) groups is 1. The van der Waals surface area contributed by atoms with E-state index in [1.807, 2.05) is 0 Å². The summed E-state index contributed by atoms with van der Waals surface area (Å²) in [5.74, 6) is -0.756. The third-order valence-corrected chi connectivity index (χ3v) is 3.24. The number of benzene rings is 1. The SMILES string of the molecule is C=CCNC(=O)c1cc2ccc(C)cc2c(=O)n1CC(F)(F)F. The first-order valence-corrected chi connectivity index (χ1v) is 6.83. The molecule has 1 aromatic carbocycles. The van der Waals surface area contributed by atoms with E-state index in [0.29, 0.717) is 9.95 Å². The normalized spacial score (nSPS) is 11.5. The first-order chi connectivity index (χ1) is 10.7. The minimum absolute atomic E-state index is 0.0883. The molecule has 4 nitrogen and oxygen atoms in total. The second-order valence-corrected chi connectivity index (χ2v) is 5.13. The fourth-order valence-corrected chi connectivity index (χ4v) is 2.24. The lowest BCUT2D eigenvalue weighted by atomic mass is 10.1. The Balaban J connectivity index is 2.69. The van der Waals surface area contributed by atoms with E-state index >= 15 is 0 Å². The highest BCUT2D eigenvalue weighted by Crippen LogP contribution is 2.20. The van der Waals surface area contributed by atoms with Crippen LogP contribution in [0.1, 0.15) is 16.1 Å². The Kier molecular flexibility index (Phi) is 4.58. The van der Waals surface area contributed by atoms with Crippen LogP contribution in [0.4, 0.5) is 13.2 Å². The number of amides is 1. The van der Waals surface area contributed by atoms with Crippen LogP contribution in [0, 0.1) is 6.92 Å². The maximum Gasteiger partial charge on any atom is 0.406 e. The monoisotopic (exact) mass is 324 g/mol. The summed E-state index contributed by atoms with van der Waals surface area (Å²) in [5, 5.41) is 2.96. The van der Waals surface area contributed by atoms with Crippen LogP contribution in [-0.2, 0) is 6.54 Å². The molecule has 0 saturated heterocycles. The van der Waals surface area contributed by atoms with Gasteiger partial charge >= 0.3 is 6.18 Å². The molecule has 1 aromatic heterocycles. The average Bonchev–Trinajstić information content (AvgIpc) is 2.46. The molecule has 0 aliphatic rings. The molecule has 0 radical (unpaired) electrons. The summed E-state index contributed by atoms with van der Waals surface area (Å²) >= 11 is 0. The number of rotatable bonds is 4. The lowest BCUT2D eigenvalue weighted by molar-refractivity contribution is -0.141. The molecule has 0 atom stereocenters. The maximum absolute atomic E-state index is 12.8. The lowest BCUT2D eigenvalue weighted by Gasteiger charge is -2.16. The van der Waals surface area contributed by atoms with Gasteiger partial charge in [-0.15, -0.1) is 6.58 Å². The molecule has 1 amide bonds. The Labute approximate surface area is 130 Å². The van der Waals surface area contributed by atoms with E-state index in [4.69, 9.17) is 0 Å². The molecule has 0 unspecified atom stereocenters. The fourth-order valence-electron chi connectivity index (χ4n) is 2.24. The van der Waals surface area contributed by atoms with Crippen molar-refractivity contribution < 1.29 is 18.0 Å². The van der Waals surface area contributed by atoms with E-state index in [2.05, 4.69) is 11.9 Å². The molecule has 0 saturated carbocycles. The lowest BCUT2D eigenvalue weighted by Crippen LogP contribution is -2.36. The predicted molar refractivity (Wildman–Crippen MR) is 81.5 cm³/mol. The van der Waals surface area contributed by atoms with E-state index in [1.54, 1.807) is 19.1 Å². The van der Waals surface area contributed by atoms with Gasteiger partial charge < -0.3 is 5.32 Å². The van der Waals surface area contributed by atoms with Crippen LogP contribution in [-0.4, -0.2) is 23.2 Å². The second kappa shape index (κ2) is 6.28. The minimum Gasteiger partial charge on any atom is -0.347 e. The highest BCUT2D eigenvalue weighted by atomic mass is 19.4. The van der Waals surface area contributed by atoms with Crippen LogP contribution >= 0.6 is 0 Å². The minimum atomic E-state index is -4.62. The number of nitrogens with zero attached hydrogens (tertiary/aromatic N) is 1. The molecule has 0 aliphatic heterocycles. The van der Waals surface area contributed by atoms with Gasteiger partial charge in [0.1, 0.15) is 12.2 Å². The molecule has 2 rings (SSSR count). The van der Waals surface area contributed by atoms with E-state index in [9.17, 15) is 22.8 Å². The standard InChI is InChI=1S/C16H15F3N2O2/c1-3-6-20-14(22)13-8-11-5-4-10(2)7-12(11)15(23)21(13)9-16(17,18)19/h3-5,7-8H,1,6,9H2,2H3,(H,20,22). The van der Waals surface area contributed by atoms with E-state index < -0.39 is 24.2 Å². The quantitative estimate of drug-likeness (QED) is 0.879. The van der Waals surface area contributed by atoms with Crippen LogP contribution in [0.2, 0.25) is 0 Å². The number of hydrogen-bond donors (Lipinski definition) is 1. The first kappa shape index (κ1) is 16.8. The Morgan fingerprint density at radius 3 is 2.65 bits per heavy atom. The van der Waals surface area contributed by atoms with Gasteiger partial charge in [0, 0.05) is 11.9 Å². The summed E-state index contributed by atoms with van der Waals surface area (Å²) in [5.41, 5.74) is -0.421. The van der Waals surface area contributed by atoms with Crippen LogP contribution < -0.4 is 10.9 Å². The topological polar surface area (TPSA) is 51.1 Å². The number of halogens is 3. The molecule has 0 aliphatic carbocycles. The number of alkyl halides is 3. The smallest absolute Gasteiger partial charge is 0.347 e. The van der Waals surface area contributed by atoms with Gasteiger partial charge in [-0.25, -0.2) is 0 Å². The number of aryl methyl sites for hydroxylation is 1. The molecule has 1 heterocycles. The fraction of sp³-hybridized carbons (Fsp3) is 0.250. The molecule has 0 spiro atoms. The van der Waals surface area contributed by atoms with Crippen molar-refractivity contribution in [2.45, 2.75) is 19.6 Å². The van der Waals surface area contributed by atoms with Crippen molar-refractivity contribution in [3.8, 4) is 0 Å². The average molecular weight is 324 g/mol. The highest BCUT2D eigenvalue weighted by molar-refractivity contribution is 5.96. The Morgan fingerprint density at radius 1 is 1.35 bits per heavy atom. The van der Waals surface area contributed by atoms with Gasteiger partial charge in [-0.2, -0.15) is 13.2 Å². The van der Waals surface area contributed by atoms with Crippen LogP contribution in [0.5, 0.6) is 0 Å². The van der Waals surface area contributed by atoms with Gasteiger partial charge in [-0.3, -0.25) is 14.2 Å². The van der Waals surface area contributed by atoms with Crippen molar-refractivity contribution in [3.05, 3.63) is 58.5 Å². The zero-order valence-corrected chi connectivity index (χ0v) is 12.4. The number of hydrogen-bond acceptors (Lipinski definition) is 2. The predicted octanol–water partition coefficient (Wildman–Crippen LogP) is 2.79. The summed E-state index contributed by atoms with van der Waals surface area (Å²) in [6.07, 6.45) is -3.22. The van der Waals surface area contributed by atoms with Gasteiger partial charge in [0.15, 0.2) is 0 Å². The number of nitrogens with one attached hydrogen (secondary N) is 1. The molecule has 122 valence electrons. The van der Waals surface area contributed by atoms with Gasteiger partial charge in [0.25, 0.3) is 11.5 Å². The van der Waals surface area contributed by atoms with Crippen molar-refractivity contribution in [2.75, 3.05) is 6.54 Å².